The van der Waals surface area contributed by atoms with Crippen molar-refractivity contribution in [1.29, 1.82) is 0 Å². The summed E-state index contributed by atoms with van der Waals surface area (Å²) in [5, 5.41) is 4.05. The SMILES string of the molecule is COC(C)(C)CCn1ncc(Br)c(Br)c1=O. The molecule has 0 aliphatic heterocycles. The summed E-state index contributed by atoms with van der Waals surface area (Å²) in [6.07, 6.45) is 2.33. The Balaban J connectivity index is 2.84. The van der Waals surface area contributed by atoms with Gasteiger partial charge in [0.25, 0.3) is 5.56 Å². The fourth-order valence-corrected chi connectivity index (χ4v) is 1.65. The minimum atomic E-state index is -0.249. The molecule has 1 rings (SSSR count). The van der Waals surface area contributed by atoms with Crippen molar-refractivity contribution in [3.05, 3.63) is 25.5 Å². The van der Waals surface area contributed by atoms with Crippen LogP contribution in [0, 0.1) is 0 Å². The molecular formula is C10H14Br2N2O2. The lowest BCUT2D eigenvalue weighted by Crippen LogP contribution is -2.30. The topological polar surface area (TPSA) is 44.1 Å². The largest absolute Gasteiger partial charge is 0.379 e. The molecule has 0 radical (unpaired) electrons. The Morgan fingerprint density at radius 2 is 2.12 bits per heavy atom. The van der Waals surface area contributed by atoms with E-state index in [1.54, 1.807) is 13.3 Å². The number of rotatable bonds is 4. The van der Waals surface area contributed by atoms with Gasteiger partial charge in [0.15, 0.2) is 0 Å². The predicted octanol–water partition coefficient (Wildman–Crippen LogP) is 2.58. The van der Waals surface area contributed by atoms with Gasteiger partial charge in [-0.1, -0.05) is 0 Å². The highest BCUT2D eigenvalue weighted by Gasteiger charge is 2.17. The van der Waals surface area contributed by atoms with E-state index in [1.165, 1.54) is 4.68 Å². The molecule has 0 N–H and O–H groups in total. The maximum atomic E-state index is 11.8. The second-order valence-corrected chi connectivity index (χ2v) is 5.70. The first-order chi connectivity index (χ1) is 7.37. The molecular weight excluding hydrogens is 340 g/mol. The van der Waals surface area contributed by atoms with E-state index < -0.39 is 0 Å². The minimum absolute atomic E-state index is 0.138. The first kappa shape index (κ1) is 13.9. The number of hydrogen-bond acceptors (Lipinski definition) is 3. The standard InChI is InChI=1S/C10H14Br2N2O2/c1-10(2,16-3)4-5-14-9(15)8(12)7(11)6-13-14/h6H,4-5H2,1-3H3. The summed E-state index contributed by atoms with van der Waals surface area (Å²) >= 11 is 6.45. The Kier molecular flexibility index (Phi) is 4.70. The summed E-state index contributed by atoms with van der Waals surface area (Å²) in [6.45, 7) is 4.49. The van der Waals surface area contributed by atoms with Crippen LogP contribution in [0.3, 0.4) is 0 Å². The maximum Gasteiger partial charge on any atom is 0.282 e. The van der Waals surface area contributed by atoms with Gasteiger partial charge in [-0.05, 0) is 52.1 Å². The molecule has 0 aliphatic carbocycles. The Labute approximate surface area is 111 Å². The summed E-state index contributed by atoms with van der Waals surface area (Å²) in [4.78, 5) is 11.8. The molecule has 0 spiro atoms. The Morgan fingerprint density at radius 3 is 2.69 bits per heavy atom. The number of nitrogens with zero attached hydrogens (tertiary/aromatic N) is 2. The van der Waals surface area contributed by atoms with Crippen LogP contribution >= 0.6 is 31.9 Å². The van der Waals surface area contributed by atoms with Crippen LogP contribution in [0.5, 0.6) is 0 Å². The molecule has 4 nitrogen and oxygen atoms in total. The molecule has 0 amide bonds. The number of ether oxygens (including phenoxy) is 1. The van der Waals surface area contributed by atoms with Crippen molar-refractivity contribution in [1.82, 2.24) is 9.78 Å². The molecule has 6 heteroatoms. The average Bonchev–Trinajstić information content (AvgIpc) is 2.25. The van der Waals surface area contributed by atoms with Crippen molar-refractivity contribution >= 4 is 31.9 Å². The molecule has 1 heterocycles. The third-order valence-electron chi connectivity index (χ3n) is 2.42. The molecule has 1 aromatic heterocycles. The van der Waals surface area contributed by atoms with Crippen molar-refractivity contribution in [2.75, 3.05) is 7.11 Å². The van der Waals surface area contributed by atoms with Crippen LogP contribution in [-0.4, -0.2) is 22.5 Å². The molecule has 1 aromatic rings. The Hall–Kier alpha value is -0.200. The van der Waals surface area contributed by atoms with E-state index in [9.17, 15) is 4.79 Å². The number of hydrogen-bond donors (Lipinski definition) is 0. The summed E-state index contributed by atoms with van der Waals surface area (Å²) in [6, 6.07) is 0. The van der Waals surface area contributed by atoms with Gasteiger partial charge in [0.05, 0.1) is 16.3 Å². The van der Waals surface area contributed by atoms with Crippen molar-refractivity contribution in [2.24, 2.45) is 0 Å². The van der Waals surface area contributed by atoms with Gasteiger partial charge in [-0.25, -0.2) is 4.68 Å². The zero-order chi connectivity index (χ0) is 12.3. The van der Waals surface area contributed by atoms with E-state index >= 15 is 0 Å². The summed E-state index contributed by atoms with van der Waals surface area (Å²) in [7, 11) is 1.66. The van der Waals surface area contributed by atoms with Crippen molar-refractivity contribution in [3.8, 4) is 0 Å². The number of aryl methyl sites for hydroxylation is 1. The first-order valence-corrected chi connectivity index (χ1v) is 6.42. The molecule has 0 saturated carbocycles. The predicted molar refractivity (Wildman–Crippen MR) is 69.6 cm³/mol. The third-order valence-corrected chi connectivity index (χ3v) is 4.32. The van der Waals surface area contributed by atoms with E-state index in [1.807, 2.05) is 13.8 Å². The van der Waals surface area contributed by atoms with Gasteiger partial charge in [0.1, 0.15) is 4.47 Å². The lowest BCUT2D eigenvalue weighted by atomic mass is 10.1. The van der Waals surface area contributed by atoms with Crippen molar-refractivity contribution < 1.29 is 4.74 Å². The molecule has 90 valence electrons. The minimum Gasteiger partial charge on any atom is -0.379 e. The molecule has 0 unspecified atom stereocenters. The molecule has 0 saturated heterocycles. The van der Waals surface area contributed by atoms with Crippen LogP contribution in [-0.2, 0) is 11.3 Å². The van der Waals surface area contributed by atoms with E-state index in [0.29, 0.717) is 15.5 Å². The van der Waals surface area contributed by atoms with E-state index in [-0.39, 0.29) is 11.2 Å². The van der Waals surface area contributed by atoms with Gasteiger partial charge in [-0.15, -0.1) is 0 Å². The van der Waals surface area contributed by atoms with Crippen molar-refractivity contribution in [3.63, 3.8) is 0 Å². The van der Waals surface area contributed by atoms with E-state index in [0.717, 1.165) is 6.42 Å². The van der Waals surface area contributed by atoms with Crippen molar-refractivity contribution in [2.45, 2.75) is 32.4 Å². The lowest BCUT2D eigenvalue weighted by Gasteiger charge is -2.22. The van der Waals surface area contributed by atoms with Crippen LogP contribution in [0.15, 0.2) is 19.9 Å². The number of methoxy groups -OCH3 is 1. The van der Waals surface area contributed by atoms with Crippen LogP contribution in [0.4, 0.5) is 0 Å². The highest BCUT2D eigenvalue weighted by Crippen LogP contribution is 2.17. The smallest absolute Gasteiger partial charge is 0.282 e. The van der Waals surface area contributed by atoms with Gasteiger partial charge < -0.3 is 4.74 Å². The summed E-state index contributed by atoms with van der Waals surface area (Å²) < 4.78 is 7.88. The lowest BCUT2D eigenvalue weighted by molar-refractivity contribution is 0.0110. The van der Waals surface area contributed by atoms with Crippen LogP contribution in [0.25, 0.3) is 0 Å². The highest BCUT2D eigenvalue weighted by atomic mass is 79.9. The van der Waals surface area contributed by atoms with E-state index in [2.05, 4.69) is 37.0 Å². The molecule has 0 bridgehead atoms. The monoisotopic (exact) mass is 352 g/mol. The third kappa shape index (κ3) is 3.40. The van der Waals surface area contributed by atoms with Crippen LogP contribution in [0.1, 0.15) is 20.3 Å². The second-order valence-electron chi connectivity index (χ2n) is 4.05. The summed E-state index contributed by atoms with van der Waals surface area (Å²) in [5.74, 6) is 0. The first-order valence-electron chi connectivity index (χ1n) is 4.83. The van der Waals surface area contributed by atoms with Gasteiger partial charge in [0.2, 0.25) is 0 Å². The molecule has 16 heavy (non-hydrogen) atoms. The average molecular weight is 354 g/mol. The van der Waals surface area contributed by atoms with E-state index in [4.69, 9.17) is 4.74 Å². The Morgan fingerprint density at radius 1 is 1.50 bits per heavy atom. The van der Waals surface area contributed by atoms with Gasteiger partial charge >= 0.3 is 0 Å². The molecule has 0 aromatic carbocycles. The molecule has 0 fully saturated rings. The number of aromatic nitrogens is 2. The quantitative estimate of drug-likeness (QED) is 0.835. The number of halogens is 2. The van der Waals surface area contributed by atoms with Crippen LogP contribution in [0.2, 0.25) is 0 Å². The van der Waals surface area contributed by atoms with Gasteiger partial charge in [0, 0.05) is 13.7 Å². The van der Waals surface area contributed by atoms with Gasteiger partial charge in [-0.3, -0.25) is 4.79 Å². The zero-order valence-electron chi connectivity index (χ0n) is 9.46. The molecule has 0 atom stereocenters. The maximum absolute atomic E-state index is 11.8. The highest BCUT2D eigenvalue weighted by molar-refractivity contribution is 9.13. The fraction of sp³-hybridized carbons (Fsp3) is 0.600. The second kappa shape index (κ2) is 5.42. The normalized spacial score (nSPS) is 11.8. The molecule has 0 aliphatic rings. The zero-order valence-corrected chi connectivity index (χ0v) is 12.6. The van der Waals surface area contributed by atoms with Crippen LogP contribution < -0.4 is 5.56 Å². The Bertz CT molecular complexity index is 429. The summed E-state index contributed by atoms with van der Waals surface area (Å²) in [5.41, 5.74) is -0.387. The fourth-order valence-electron chi connectivity index (χ4n) is 1.08. The van der Waals surface area contributed by atoms with Gasteiger partial charge in [-0.2, -0.15) is 5.10 Å².